The van der Waals surface area contributed by atoms with Crippen LogP contribution >= 0.6 is 24.8 Å². The zero-order chi connectivity index (χ0) is 17.8. The summed E-state index contributed by atoms with van der Waals surface area (Å²) in [7, 11) is 0. The van der Waals surface area contributed by atoms with Crippen molar-refractivity contribution in [2.24, 2.45) is 0 Å². The smallest absolute Gasteiger partial charge is 0.252 e. The third-order valence-corrected chi connectivity index (χ3v) is 4.78. The largest absolute Gasteiger partial charge is 0.321 e. The standard InChI is InChI=1S/C18H21N7O.2ClH/c26-17(18(4-9-20-10-5-18)25-11-1-6-21-25)23-16-12-22-24(14-16)13-15-2-7-19-8-3-15;;/h1-3,6-8,11-12,14,20H,4-5,9-10,13H2,(H,23,26);2*1H. The molecule has 0 aromatic carbocycles. The topological polar surface area (TPSA) is 89.7 Å². The lowest BCUT2D eigenvalue weighted by Crippen LogP contribution is -2.52. The molecule has 10 heteroatoms. The van der Waals surface area contributed by atoms with Gasteiger partial charge in [0.2, 0.25) is 0 Å². The van der Waals surface area contributed by atoms with Crippen molar-refractivity contribution in [1.82, 2.24) is 29.9 Å². The van der Waals surface area contributed by atoms with Crippen LogP contribution in [0.5, 0.6) is 0 Å². The Morgan fingerprint density at radius 1 is 1.14 bits per heavy atom. The quantitative estimate of drug-likeness (QED) is 0.655. The van der Waals surface area contributed by atoms with E-state index in [9.17, 15) is 4.79 Å². The van der Waals surface area contributed by atoms with Crippen LogP contribution in [0.25, 0.3) is 0 Å². The summed E-state index contributed by atoms with van der Waals surface area (Å²) in [4.78, 5) is 17.1. The van der Waals surface area contributed by atoms with Crippen molar-refractivity contribution in [2.75, 3.05) is 18.4 Å². The number of piperidine rings is 1. The van der Waals surface area contributed by atoms with E-state index in [-0.39, 0.29) is 30.7 Å². The highest BCUT2D eigenvalue weighted by molar-refractivity contribution is 5.96. The van der Waals surface area contributed by atoms with Crippen LogP contribution in [-0.4, -0.2) is 43.5 Å². The zero-order valence-electron chi connectivity index (χ0n) is 15.2. The number of rotatable bonds is 5. The Kier molecular flexibility index (Phi) is 7.56. The van der Waals surface area contributed by atoms with Gasteiger partial charge in [0.1, 0.15) is 5.54 Å². The van der Waals surface area contributed by atoms with E-state index in [2.05, 4.69) is 25.8 Å². The van der Waals surface area contributed by atoms with Crippen molar-refractivity contribution in [3.8, 4) is 0 Å². The Bertz CT molecular complexity index is 861. The Labute approximate surface area is 175 Å². The minimum Gasteiger partial charge on any atom is -0.321 e. The number of carbonyl (C=O) groups excluding carboxylic acids is 1. The maximum Gasteiger partial charge on any atom is 0.252 e. The minimum absolute atomic E-state index is 0. The lowest BCUT2D eigenvalue weighted by Gasteiger charge is -2.36. The summed E-state index contributed by atoms with van der Waals surface area (Å²) in [5.41, 5.74) is 1.13. The van der Waals surface area contributed by atoms with Crippen LogP contribution in [0.3, 0.4) is 0 Å². The van der Waals surface area contributed by atoms with E-state index in [0.717, 1.165) is 18.7 Å². The van der Waals surface area contributed by atoms with Gasteiger partial charge in [-0.05, 0) is 49.7 Å². The summed E-state index contributed by atoms with van der Waals surface area (Å²) in [6, 6.07) is 5.74. The second-order valence-corrected chi connectivity index (χ2v) is 6.47. The molecule has 1 fully saturated rings. The fourth-order valence-electron chi connectivity index (χ4n) is 3.36. The van der Waals surface area contributed by atoms with E-state index in [1.807, 2.05) is 30.6 Å². The number of pyridine rings is 1. The normalized spacial score (nSPS) is 15.1. The van der Waals surface area contributed by atoms with E-state index in [0.29, 0.717) is 25.1 Å². The number of nitrogens with one attached hydrogen (secondary N) is 2. The molecule has 0 spiro atoms. The molecule has 1 aliphatic rings. The Morgan fingerprint density at radius 2 is 1.89 bits per heavy atom. The highest BCUT2D eigenvalue weighted by Gasteiger charge is 2.42. The van der Waals surface area contributed by atoms with Gasteiger partial charge >= 0.3 is 0 Å². The molecule has 4 rings (SSSR count). The fourth-order valence-corrected chi connectivity index (χ4v) is 3.36. The molecular weight excluding hydrogens is 401 g/mol. The number of carbonyl (C=O) groups is 1. The molecule has 3 aromatic rings. The summed E-state index contributed by atoms with van der Waals surface area (Å²) in [6.45, 7) is 2.20. The van der Waals surface area contributed by atoms with E-state index >= 15 is 0 Å². The zero-order valence-corrected chi connectivity index (χ0v) is 16.8. The summed E-state index contributed by atoms with van der Waals surface area (Å²) in [5, 5.41) is 15.0. The van der Waals surface area contributed by atoms with Crippen molar-refractivity contribution < 1.29 is 4.79 Å². The first-order valence-corrected chi connectivity index (χ1v) is 8.70. The van der Waals surface area contributed by atoms with Gasteiger partial charge in [0.25, 0.3) is 5.91 Å². The lowest BCUT2D eigenvalue weighted by atomic mass is 9.87. The maximum atomic E-state index is 13.1. The first-order chi connectivity index (χ1) is 12.8. The molecule has 0 aliphatic carbocycles. The molecule has 3 aromatic heterocycles. The van der Waals surface area contributed by atoms with Crippen LogP contribution < -0.4 is 10.6 Å². The average Bonchev–Trinajstić information content (AvgIpc) is 3.36. The predicted molar refractivity (Wildman–Crippen MR) is 111 cm³/mol. The number of nitrogens with zero attached hydrogens (tertiary/aromatic N) is 5. The molecule has 0 unspecified atom stereocenters. The average molecular weight is 424 g/mol. The van der Waals surface area contributed by atoms with Crippen molar-refractivity contribution in [3.63, 3.8) is 0 Å². The third kappa shape index (κ3) is 4.52. The van der Waals surface area contributed by atoms with Gasteiger partial charge in [-0.25, -0.2) is 0 Å². The maximum absolute atomic E-state index is 13.1. The molecular formula is C18H23Cl2N7O. The van der Waals surface area contributed by atoms with Gasteiger partial charge in [-0.3, -0.25) is 19.1 Å². The van der Waals surface area contributed by atoms with Gasteiger partial charge in [0.15, 0.2) is 0 Å². The Balaban J connectivity index is 0.00000140. The molecule has 28 heavy (non-hydrogen) atoms. The monoisotopic (exact) mass is 423 g/mol. The third-order valence-electron chi connectivity index (χ3n) is 4.78. The van der Waals surface area contributed by atoms with Crippen molar-refractivity contribution in [1.29, 1.82) is 0 Å². The van der Waals surface area contributed by atoms with E-state index in [4.69, 9.17) is 0 Å². The van der Waals surface area contributed by atoms with Crippen molar-refractivity contribution in [3.05, 3.63) is 60.9 Å². The molecule has 1 amide bonds. The van der Waals surface area contributed by atoms with Crippen LogP contribution in [0.15, 0.2) is 55.4 Å². The first kappa shape index (κ1) is 21.9. The predicted octanol–water partition coefficient (Wildman–Crippen LogP) is 2.08. The van der Waals surface area contributed by atoms with Crippen LogP contribution in [0, 0.1) is 0 Å². The highest BCUT2D eigenvalue weighted by Crippen LogP contribution is 2.28. The van der Waals surface area contributed by atoms with Crippen LogP contribution in [0.2, 0.25) is 0 Å². The summed E-state index contributed by atoms with van der Waals surface area (Å²) in [5.74, 6) is -0.0499. The number of aromatic nitrogens is 5. The molecule has 1 aliphatic heterocycles. The molecule has 0 bridgehead atoms. The molecule has 0 atom stereocenters. The van der Waals surface area contributed by atoms with Crippen LogP contribution in [-0.2, 0) is 16.9 Å². The van der Waals surface area contributed by atoms with E-state index in [1.165, 1.54) is 0 Å². The highest BCUT2D eigenvalue weighted by atomic mass is 35.5. The van der Waals surface area contributed by atoms with Crippen molar-refractivity contribution >= 4 is 36.4 Å². The van der Waals surface area contributed by atoms with Gasteiger partial charge in [-0.2, -0.15) is 10.2 Å². The van der Waals surface area contributed by atoms with Gasteiger partial charge < -0.3 is 10.6 Å². The number of amides is 1. The second-order valence-electron chi connectivity index (χ2n) is 6.47. The number of hydrogen-bond donors (Lipinski definition) is 2. The molecule has 8 nitrogen and oxygen atoms in total. The van der Waals surface area contributed by atoms with Gasteiger partial charge in [0.05, 0.1) is 18.4 Å². The SMILES string of the molecule is Cl.Cl.O=C(Nc1cnn(Cc2ccncc2)c1)C1(n2cccn2)CCNCC1. The fraction of sp³-hybridized carbons (Fsp3) is 0.333. The number of halogens is 2. The molecule has 1 saturated heterocycles. The summed E-state index contributed by atoms with van der Waals surface area (Å²) < 4.78 is 3.58. The van der Waals surface area contributed by atoms with Crippen LogP contribution in [0.1, 0.15) is 18.4 Å². The molecule has 0 saturated carbocycles. The molecule has 150 valence electrons. The second kappa shape index (κ2) is 9.68. The van der Waals surface area contributed by atoms with Gasteiger partial charge in [-0.1, -0.05) is 0 Å². The summed E-state index contributed by atoms with van der Waals surface area (Å²) >= 11 is 0. The lowest BCUT2D eigenvalue weighted by molar-refractivity contribution is -0.126. The van der Waals surface area contributed by atoms with Crippen molar-refractivity contribution in [2.45, 2.75) is 24.9 Å². The minimum atomic E-state index is -0.665. The Morgan fingerprint density at radius 3 is 2.57 bits per heavy atom. The first-order valence-electron chi connectivity index (χ1n) is 8.70. The van der Waals surface area contributed by atoms with Gasteiger partial charge in [-0.15, -0.1) is 24.8 Å². The molecule has 4 heterocycles. The molecule has 0 radical (unpaired) electrons. The van der Waals surface area contributed by atoms with E-state index < -0.39 is 5.54 Å². The van der Waals surface area contributed by atoms with E-state index in [1.54, 1.807) is 34.2 Å². The number of hydrogen-bond acceptors (Lipinski definition) is 5. The Hall–Kier alpha value is -2.42. The molecule has 2 N–H and O–H groups in total. The van der Waals surface area contributed by atoms with Gasteiger partial charge in [0, 0.05) is 31.0 Å². The summed E-state index contributed by atoms with van der Waals surface area (Å²) in [6.07, 6.45) is 12.0. The van der Waals surface area contributed by atoms with Crippen LogP contribution in [0.4, 0.5) is 5.69 Å². The number of anilines is 1.